The summed E-state index contributed by atoms with van der Waals surface area (Å²) in [4.78, 5) is 4.39. The zero-order chi connectivity index (χ0) is 9.43. The molecule has 1 saturated carbocycles. The molecular formula is C13H13N. The van der Waals surface area contributed by atoms with E-state index in [1.54, 1.807) is 0 Å². The molecule has 1 unspecified atom stereocenters. The van der Waals surface area contributed by atoms with E-state index in [-0.39, 0.29) is 0 Å². The molecule has 2 aliphatic carbocycles. The number of hydrogen-bond acceptors (Lipinski definition) is 1. The summed E-state index contributed by atoms with van der Waals surface area (Å²) in [6.07, 6.45) is 13.3. The van der Waals surface area contributed by atoms with Crippen LogP contribution in [0, 0.1) is 11.3 Å². The second-order valence-electron chi connectivity index (χ2n) is 4.29. The van der Waals surface area contributed by atoms with Gasteiger partial charge in [0.15, 0.2) is 0 Å². The fourth-order valence-electron chi connectivity index (χ4n) is 2.35. The van der Waals surface area contributed by atoms with Crippen molar-refractivity contribution in [2.45, 2.75) is 12.8 Å². The Kier molecular flexibility index (Phi) is 1.60. The molecular weight excluding hydrogens is 170 g/mol. The summed E-state index contributed by atoms with van der Waals surface area (Å²) < 4.78 is 0. The summed E-state index contributed by atoms with van der Waals surface area (Å²) in [6, 6.07) is 6.16. The van der Waals surface area contributed by atoms with Crippen LogP contribution in [-0.4, -0.2) is 4.98 Å². The Morgan fingerprint density at radius 1 is 1.36 bits per heavy atom. The number of rotatable bonds is 2. The molecule has 3 rings (SSSR count). The number of pyridine rings is 1. The lowest BCUT2D eigenvalue weighted by atomic mass is 9.93. The molecule has 0 amide bonds. The Bertz CT molecular complexity index is 391. The largest absolute Gasteiger partial charge is 0.261 e. The quantitative estimate of drug-likeness (QED) is 0.687. The Balaban J connectivity index is 1.81. The van der Waals surface area contributed by atoms with E-state index in [1.807, 2.05) is 12.3 Å². The maximum atomic E-state index is 4.39. The van der Waals surface area contributed by atoms with Gasteiger partial charge in [-0.3, -0.25) is 4.98 Å². The van der Waals surface area contributed by atoms with Gasteiger partial charge in [-0.2, -0.15) is 0 Å². The molecule has 0 N–H and O–H groups in total. The summed E-state index contributed by atoms with van der Waals surface area (Å²) in [6.45, 7) is 0. The standard InChI is InChI=1S/C13H13N/c1-3-7-13(9-11(13)5-1)10-12-6-2-4-8-14-12/h1-8,11H,9-10H2/t11?,13-/m0/s1. The van der Waals surface area contributed by atoms with Gasteiger partial charge in [0.25, 0.3) is 0 Å². The average Bonchev–Trinajstić information content (AvgIpc) is 2.93. The van der Waals surface area contributed by atoms with E-state index in [4.69, 9.17) is 0 Å². The van der Waals surface area contributed by atoms with Gasteiger partial charge in [-0.25, -0.2) is 0 Å². The highest BCUT2D eigenvalue weighted by Crippen LogP contribution is 2.57. The molecule has 2 atom stereocenters. The fourth-order valence-corrected chi connectivity index (χ4v) is 2.35. The second-order valence-corrected chi connectivity index (χ2v) is 4.29. The Morgan fingerprint density at radius 2 is 2.36 bits per heavy atom. The third-order valence-corrected chi connectivity index (χ3v) is 3.30. The molecule has 14 heavy (non-hydrogen) atoms. The average molecular weight is 183 g/mol. The number of nitrogens with zero attached hydrogens (tertiary/aromatic N) is 1. The molecule has 0 spiro atoms. The third kappa shape index (κ3) is 1.20. The first-order valence-electron chi connectivity index (χ1n) is 5.15. The third-order valence-electron chi connectivity index (χ3n) is 3.30. The maximum absolute atomic E-state index is 4.39. The number of fused-ring (bicyclic) bond motifs is 1. The molecule has 70 valence electrons. The lowest BCUT2D eigenvalue weighted by molar-refractivity contribution is 0.595. The Morgan fingerprint density at radius 3 is 3.14 bits per heavy atom. The smallest absolute Gasteiger partial charge is 0.0412 e. The Labute approximate surface area is 84.2 Å². The van der Waals surface area contributed by atoms with Crippen LogP contribution in [0.3, 0.4) is 0 Å². The molecule has 1 heteroatoms. The molecule has 1 fully saturated rings. The molecule has 0 bridgehead atoms. The molecule has 1 aromatic rings. The summed E-state index contributed by atoms with van der Waals surface area (Å²) in [5, 5.41) is 0. The summed E-state index contributed by atoms with van der Waals surface area (Å²) in [5.41, 5.74) is 1.64. The highest BCUT2D eigenvalue weighted by molar-refractivity contribution is 5.31. The van der Waals surface area contributed by atoms with Crippen LogP contribution < -0.4 is 0 Å². The van der Waals surface area contributed by atoms with Crippen LogP contribution in [0.4, 0.5) is 0 Å². The molecule has 1 nitrogen and oxygen atoms in total. The first-order chi connectivity index (χ1) is 6.89. The van der Waals surface area contributed by atoms with Crippen molar-refractivity contribution in [3.05, 3.63) is 54.4 Å². The first-order valence-corrected chi connectivity index (χ1v) is 5.15. The van der Waals surface area contributed by atoms with Crippen molar-refractivity contribution in [1.29, 1.82) is 0 Å². The molecule has 0 saturated heterocycles. The van der Waals surface area contributed by atoms with Crippen molar-refractivity contribution in [2.75, 3.05) is 0 Å². The van der Waals surface area contributed by atoms with Gasteiger partial charge >= 0.3 is 0 Å². The van der Waals surface area contributed by atoms with Crippen molar-refractivity contribution >= 4 is 0 Å². The fraction of sp³-hybridized carbons (Fsp3) is 0.308. The molecule has 0 aromatic carbocycles. The van der Waals surface area contributed by atoms with Gasteiger partial charge in [0.2, 0.25) is 0 Å². The van der Waals surface area contributed by atoms with E-state index < -0.39 is 0 Å². The van der Waals surface area contributed by atoms with Gasteiger partial charge in [0.1, 0.15) is 0 Å². The first kappa shape index (κ1) is 7.98. The van der Waals surface area contributed by atoms with Gasteiger partial charge < -0.3 is 0 Å². The summed E-state index contributed by atoms with van der Waals surface area (Å²) in [7, 11) is 0. The van der Waals surface area contributed by atoms with E-state index in [9.17, 15) is 0 Å². The van der Waals surface area contributed by atoms with Crippen LogP contribution >= 0.6 is 0 Å². The van der Waals surface area contributed by atoms with Crippen molar-refractivity contribution < 1.29 is 0 Å². The summed E-state index contributed by atoms with van der Waals surface area (Å²) >= 11 is 0. The van der Waals surface area contributed by atoms with Crippen LogP contribution in [-0.2, 0) is 6.42 Å². The molecule has 1 aromatic heterocycles. The van der Waals surface area contributed by atoms with Crippen LogP contribution in [0.1, 0.15) is 12.1 Å². The normalized spacial score (nSPS) is 32.7. The van der Waals surface area contributed by atoms with Crippen LogP contribution in [0.25, 0.3) is 0 Å². The number of aromatic nitrogens is 1. The van der Waals surface area contributed by atoms with Gasteiger partial charge in [-0.15, -0.1) is 0 Å². The zero-order valence-corrected chi connectivity index (χ0v) is 8.06. The molecule has 2 aliphatic rings. The zero-order valence-electron chi connectivity index (χ0n) is 8.06. The predicted molar refractivity (Wildman–Crippen MR) is 56.8 cm³/mol. The van der Waals surface area contributed by atoms with E-state index in [1.165, 1.54) is 12.1 Å². The maximum Gasteiger partial charge on any atom is 0.0412 e. The predicted octanol–water partition coefficient (Wildman–Crippen LogP) is 2.76. The molecule has 0 aliphatic heterocycles. The van der Waals surface area contributed by atoms with E-state index in [0.717, 1.165) is 12.3 Å². The number of allylic oxidation sites excluding steroid dienone is 4. The van der Waals surface area contributed by atoms with Gasteiger partial charge in [0, 0.05) is 17.3 Å². The monoisotopic (exact) mass is 183 g/mol. The van der Waals surface area contributed by atoms with Gasteiger partial charge in [-0.05, 0) is 30.9 Å². The van der Waals surface area contributed by atoms with Crippen molar-refractivity contribution in [1.82, 2.24) is 4.98 Å². The number of hydrogen-bond donors (Lipinski definition) is 0. The molecule has 1 heterocycles. The SMILES string of the molecule is C1=CC2C[C@]2(Cc2ccccn2)C=C1. The minimum Gasteiger partial charge on any atom is -0.261 e. The van der Waals surface area contributed by atoms with Crippen LogP contribution in [0.2, 0.25) is 0 Å². The minimum atomic E-state index is 0.420. The highest BCUT2D eigenvalue weighted by Gasteiger charge is 2.51. The van der Waals surface area contributed by atoms with E-state index in [2.05, 4.69) is 41.4 Å². The van der Waals surface area contributed by atoms with Crippen molar-refractivity contribution in [3.8, 4) is 0 Å². The lowest BCUT2D eigenvalue weighted by Gasteiger charge is -2.12. The van der Waals surface area contributed by atoms with Gasteiger partial charge in [0.05, 0.1) is 0 Å². The topological polar surface area (TPSA) is 12.9 Å². The highest BCUT2D eigenvalue weighted by atomic mass is 14.7. The van der Waals surface area contributed by atoms with Crippen molar-refractivity contribution in [2.24, 2.45) is 11.3 Å². The van der Waals surface area contributed by atoms with E-state index in [0.29, 0.717) is 5.41 Å². The van der Waals surface area contributed by atoms with Crippen LogP contribution in [0.15, 0.2) is 48.7 Å². The Hall–Kier alpha value is -1.37. The van der Waals surface area contributed by atoms with Crippen molar-refractivity contribution in [3.63, 3.8) is 0 Å². The second kappa shape index (κ2) is 2.81. The van der Waals surface area contributed by atoms with E-state index >= 15 is 0 Å². The minimum absolute atomic E-state index is 0.420. The molecule has 0 radical (unpaired) electrons. The van der Waals surface area contributed by atoms with Gasteiger partial charge in [-0.1, -0.05) is 30.4 Å². The van der Waals surface area contributed by atoms with Crippen LogP contribution in [0.5, 0.6) is 0 Å². The lowest BCUT2D eigenvalue weighted by Crippen LogP contribution is -2.07. The summed E-state index contributed by atoms with van der Waals surface area (Å²) in [5.74, 6) is 0.773.